The minimum Gasteiger partial charge on any atom is -0.467 e. The lowest BCUT2D eigenvalue weighted by atomic mass is 9.96. The van der Waals surface area contributed by atoms with Crippen LogP contribution in [0.4, 0.5) is 4.39 Å². The van der Waals surface area contributed by atoms with Crippen LogP contribution in [-0.2, 0) is 9.53 Å². The molecule has 0 fully saturated rings. The molecule has 0 saturated carbocycles. The third kappa shape index (κ3) is 2.33. The fraction of sp³-hybridized carbons (Fsp3) is 0.167. The minimum atomic E-state index is -2.54. The van der Waals surface area contributed by atoms with E-state index in [9.17, 15) is 14.0 Å². The van der Waals surface area contributed by atoms with E-state index in [0.29, 0.717) is 0 Å². The normalized spacial score (nSPS) is 10.9. The molecule has 1 rings (SSSR count). The molecule has 0 heterocycles. The fourth-order valence-electron chi connectivity index (χ4n) is 1.34. The molecular formula is C12H7FN2O3. The smallest absolute Gasteiger partial charge is 0.348 e. The van der Waals surface area contributed by atoms with E-state index in [1.807, 2.05) is 0 Å². The maximum Gasteiger partial charge on any atom is 0.348 e. The third-order valence-corrected chi connectivity index (χ3v) is 2.19. The molecule has 0 bridgehead atoms. The van der Waals surface area contributed by atoms with Crippen molar-refractivity contribution in [2.45, 2.75) is 6.17 Å². The zero-order valence-electron chi connectivity index (χ0n) is 9.31. The van der Waals surface area contributed by atoms with Crippen LogP contribution in [0.5, 0.6) is 0 Å². The highest BCUT2D eigenvalue weighted by Gasteiger charge is 2.31. The number of nitrogens with zero attached hydrogens (tertiary/aromatic N) is 2. The summed E-state index contributed by atoms with van der Waals surface area (Å²) in [4.78, 5) is 22.7. The Morgan fingerprint density at radius 3 is 2.17 bits per heavy atom. The monoisotopic (exact) mass is 246 g/mol. The van der Waals surface area contributed by atoms with Crippen LogP contribution in [0.1, 0.15) is 21.5 Å². The standard InChI is InChI=1S/C12H7FN2O3/c1-18-12(17)10(13)11(16)9-7(5-14)3-2-4-8(9)6-15/h2-4,10H,1H3. The number of alkyl halides is 1. The molecular weight excluding hydrogens is 239 g/mol. The number of carbonyl (C=O) groups is 2. The Morgan fingerprint density at radius 1 is 1.28 bits per heavy atom. The lowest BCUT2D eigenvalue weighted by molar-refractivity contribution is -0.144. The van der Waals surface area contributed by atoms with Crippen molar-refractivity contribution < 1.29 is 18.7 Å². The van der Waals surface area contributed by atoms with Gasteiger partial charge in [-0.1, -0.05) is 6.07 Å². The molecule has 1 aromatic rings. The minimum absolute atomic E-state index is 0.161. The van der Waals surface area contributed by atoms with Crippen molar-refractivity contribution in [2.24, 2.45) is 0 Å². The Balaban J connectivity index is 3.34. The van der Waals surface area contributed by atoms with Crippen LogP contribution in [0.25, 0.3) is 0 Å². The summed E-state index contributed by atoms with van der Waals surface area (Å²) in [5.74, 6) is -2.62. The van der Waals surface area contributed by atoms with Crippen LogP contribution in [0, 0.1) is 22.7 Å². The van der Waals surface area contributed by atoms with Crippen molar-refractivity contribution in [3.63, 3.8) is 0 Å². The number of rotatable bonds is 3. The number of Topliss-reactive ketones (excluding diaryl/α,β-unsaturated/α-hetero) is 1. The van der Waals surface area contributed by atoms with E-state index < -0.39 is 23.5 Å². The maximum absolute atomic E-state index is 13.5. The number of carbonyl (C=O) groups excluding carboxylic acids is 2. The number of methoxy groups -OCH3 is 1. The zero-order chi connectivity index (χ0) is 13.7. The van der Waals surface area contributed by atoms with Crippen molar-refractivity contribution in [3.8, 4) is 12.1 Å². The van der Waals surface area contributed by atoms with Crippen LogP contribution >= 0.6 is 0 Å². The van der Waals surface area contributed by atoms with Gasteiger partial charge in [0.25, 0.3) is 6.17 Å². The topological polar surface area (TPSA) is 90.9 Å². The molecule has 90 valence electrons. The quantitative estimate of drug-likeness (QED) is 0.453. The molecule has 1 unspecified atom stereocenters. The van der Waals surface area contributed by atoms with Gasteiger partial charge < -0.3 is 4.74 Å². The average molecular weight is 246 g/mol. The van der Waals surface area contributed by atoms with E-state index in [4.69, 9.17) is 10.5 Å². The molecule has 6 heteroatoms. The second kappa shape index (κ2) is 5.55. The number of ketones is 1. The largest absolute Gasteiger partial charge is 0.467 e. The highest BCUT2D eigenvalue weighted by atomic mass is 19.1. The summed E-state index contributed by atoms with van der Waals surface area (Å²) in [6, 6.07) is 7.26. The number of nitriles is 2. The summed E-state index contributed by atoms with van der Waals surface area (Å²) in [5.41, 5.74) is -0.725. The van der Waals surface area contributed by atoms with E-state index in [1.165, 1.54) is 18.2 Å². The summed E-state index contributed by atoms with van der Waals surface area (Å²) >= 11 is 0. The van der Waals surface area contributed by atoms with Gasteiger partial charge in [0, 0.05) is 0 Å². The van der Waals surface area contributed by atoms with Crippen LogP contribution in [-0.4, -0.2) is 25.0 Å². The third-order valence-electron chi connectivity index (χ3n) is 2.19. The number of hydrogen-bond acceptors (Lipinski definition) is 5. The van der Waals surface area contributed by atoms with Crippen molar-refractivity contribution >= 4 is 11.8 Å². The molecule has 18 heavy (non-hydrogen) atoms. The molecule has 1 aromatic carbocycles. The second-order valence-corrected chi connectivity index (χ2v) is 3.20. The highest BCUT2D eigenvalue weighted by molar-refractivity contribution is 6.13. The first-order chi connectivity index (χ1) is 8.56. The van der Waals surface area contributed by atoms with Crippen molar-refractivity contribution in [3.05, 3.63) is 34.9 Å². The first kappa shape index (κ1) is 13.3. The van der Waals surface area contributed by atoms with E-state index in [0.717, 1.165) is 7.11 Å². The number of hydrogen-bond donors (Lipinski definition) is 0. The SMILES string of the molecule is COC(=O)C(F)C(=O)c1c(C#N)cccc1C#N. The molecule has 0 amide bonds. The maximum atomic E-state index is 13.5. The van der Waals surface area contributed by atoms with Crippen LogP contribution in [0.2, 0.25) is 0 Å². The molecule has 0 saturated heterocycles. The van der Waals surface area contributed by atoms with E-state index in [1.54, 1.807) is 12.1 Å². The Morgan fingerprint density at radius 2 is 1.78 bits per heavy atom. The van der Waals surface area contributed by atoms with Crippen molar-refractivity contribution in [1.29, 1.82) is 10.5 Å². The van der Waals surface area contributed by atoms with Crippen molar-refractivity contribution in [2.75, 3.05) is 7.11 Å². The van der Waals surface area contributed by atoms with Gasteiger partial charge in [-0.3, -0.25) is 4.79 Å². The van der Waals surface area contributed by atoms with Gasteiger partial charge in [-0.05, 0) is 12.1 Å². The van der Waals surface area contributed by atoms with Crippen LogP contribution in [0.15, 0.2) is 18.2 Å². The van der Waals surface area contributed by atoms with E-state index in [2.05, 4.69) is 4.74 Å². The molecule has 0 radical (unpaired) electrons. The Bertz CT molecular complexity index is 552. The molecule has 0 aliphatic rings. The molecule has 0 aliphatic heterocycles. The summed E-state index contributed by atoms with van der Waals surface area (Å²) in [5, 5.41) is 17.6. The number of benzene rings is 1. The van der Waals surface area contributed by atoms with Gasteiger partial charge >= 0.3 is 5.97 Å². The van der Waals surface area contributed by atoms with Gasteiger partial charge in [0.1, 0.15) is 0 Å². The Kier molecular flexibility index (Phi) is 4.11. The predicted octanol–water partition coefficient (Wildman–Crippen LogP) is 1.12. The Hall–Kier alpha value is -2.73. The summed E-state index contributed by atoms with van der Waals surface area (Å²) in [7, 11) is 0.934. The lowest BCUT2D eigenvalue weighted by Crippen LogP contribution is -2.28. The van der Waals surface area contributed by atoms with Gasteiger partial charge in [-0.2, -0.15) is 10.5 Å². The highest BCUT2D eigenvalue weighted by Crippen LogP contribution is 2.17. The van der Waals surface area contributed by atoms with Crippen molar-refractivity contribution in [1.82, 2.24) is 0 Å². The zero-order valence-corrected chi connectivity index (χ0v) is 9.31. The molecule has 0 N–H and O–H groups in total. The summed E-state index contributed by atoms with van der Waals surface area (Å²) < 4.78 is 17.6. The number of esters is 1. The molecule has 0 aliphatic carbocycles. The molecule has 5 nitrogen and oxygen atoms in total. The molecule has 0 aromatic heterocycles. The summed E-state index contributed by atoms with van der Waals surface area (Å²) in [6.45, 7) is 0. The van der Waals surface area contributed by atoms with Gasteiger partial charge in [-0.15, -0.1) is 0 Å². The predicted molar refractivity (Wildman–Crippen MR) is 57.1 cm³/mol. The first-order valence-corrected chi connectivity index (χ1v) is 4.76. The van der Waals surface area contributed by atoms with Gasteiger partial charge in [0.15, 0.2) is 0 Å². The molecule has 0 spiro atoms. The van der Waals surface area contributed by atoms with Gasteiger partial charge in [0.2, 0.25) is 5.78 Å². The summed E-state index contributed by atoms with van der Waals surface area (Å²) in [6.07, 6.45) is -2.54. The number of halogens is 1. The van der Waals surface area contributed by atoms with E-state index >= 15 is 0 Å². The number of ether oxygens (including phenoxy) is 1. The van der Waals surface area contributed by atoms with E-state index in [-0.39, 0.29) is 11.1 Å². The Labute approximate surface area is 102 Å². The van der Waals surface area contributed by atoms with Gasteiger partial charge in [-0.25, -0.2) is 9.18 Å². The lowest BCUT2D eigenvalue weighted by Gasteiger charge is -2.08. The van der Waals surface area contributed by atoms with Crippen LogP contribution < -0.4 is 0 Å². The van der Waals surface area contributed by atoms with Gasteiger partial charge in [0.05, 0.1) is 35.9 Å². The molecule has 1 atom stereocenters. The first-order valence-electron chi connectivity index (χ1n) is 4.76. The average Bonchev–Trinajstić information content (AvgIpc) is 2.43. The second-order valence-electron chi connectivity index (χ2n) is 3.20. The van der Waals surface area contributed by atoms with Crippen LogP contribution in [0.3, 0.4) is 0 Å². The fourth-order valence-corrected chi connectivity index (χ4v) is 1.34.